The van der Waals surface area contributed by atoms with Gasteiger partial charge in [0.05, 0.1) is 0 Å². The third kappa shape index (κ3) is 10.4. The molecule has 2 saturated heterocycles. The van der Waals surface area contributed by atoms with Crippen LogP contribution in [-0.4, -0.2) is 60.3 Å². The first kappa shape index (κ1) is 42.3. The Morgan fingerprint density at radius 2 is 0.925 bits per heavy atom. The normalized spacial score (nSPS) is 23.3. The van der Waals surface area contributed by atoms with Crippen LogP contribution in [0.15, 0.2) is 97.1 Å². The third-order valence-corrected chi connectivity index (χ3v) is 11.7. The van der Waals surface area contributed by atoms with Gasteiger partial charge in [-0.05, 0) is 161 Å². The van der Waals surface area contributed by atoms with Gasteiger partial charge in [0.15, 0.2) is 0 Å². The zero-order valence-electron chi connectivity index (χ0n) is 30.1. The van der Waals surface area contributed by atoms with Crippen LogP contribution in [0.3, 0.4) is 0 Å². The molecule has 8 rings (SSSR count). The van der Waals surface area contributed by atoms with Crippen molar-refractivity contribution < 1.29 is 18.3 Å². The van der Waals surface area contributed by atoms with Crippen LogP contribution in [0.2, 0.25) is 0 Å². The zero-order chi connectivity index (χ0) is 34.5. The van der Waals surface area contributed by atoms with Crippen molar-refractivity contribution in [1.29, 1.82) is 0 Å². The number of halogens is 3. The highest BCUT2D eigenvalue weighted by molar-refractivity contribution is 5.85. The van der Waals surface area contributed by atoms with E-state index >= 15 is 0 Å². The molecule has 0 bridgehead atoms. The van der Waals surface area contributed by atoms with Gasteiger partial charge in [-0.15, -0.1) is 12.4 Å². The van der Waals surface area contributed by atoms with Gasteiger partial charge >= 0.3 is 0 Å². The fourth-order valence-electron chi connectivity index (χ4n) is 8.97. The second kappa shape index (κ2) is 19.8. The number of fused-ring (bicyclic) bond motifs is 2. The van der Waals surface area contributed by atoms with Crippen LogP contribution in [0, 0.1) is 11.6 Å². The monoisotopic (exact) mass is 746 g/mol. The Hall–Kier alpha value is -3.45. The molecule has 2 fully saturated rings. The van der Waals surface area contributed by atoms with Gasteiger partial charge in [0.1, 0.15) is 35.3 Å². The molecule has 4 aliphatic rings. The minimum Gasteiger partial charge on any atom is -0.489 e. The lowest BCUT2D eigenvalue weighted by atomic mass is 9.91. The standard InChI is InChI=1S/2C22H26FNO.2CH4.ClH/c2*1-16(21-13-8-17-5-2-3-7-22(17)21)24-14-4-6-20(15-24)25-19-11-9-18(23)10-12-19;;;/h2*2-3,5,7,9-12,16,20-21H,4,6,8,13-15H2,1H3;2*1H4;1H/t2*16?,20-,21?;;;/m00.../s1. The molecule has 53 heavy (non-hydrogen) atoms. The molecule has 0 amide bonds. The van der Waals surface area contributed by atoms with Gasteiger partial charge in [-0.3, -0.25) is 9.80 Å². The number of aryl methyl sites for hydroxylation is 2. The summed E-state index contributed by atoms with van der Waals surface area (Å²) in [6.45, 7) is 8.93. The van der Waals surface area contributed by atoms with Crippen LogP contribution in [-0.2, 0) is 12.8 Å². The molecular weight excluding hydrogens is 686 g/mol. The molecular formula is C46H61ClF2N2O2. The van der Waals surface area contributed by atoms with Crippen molar-refractivity contribution in [2.45, 2.75) is 116 Å². The number of benzene rings is 4. The summed E-state index contributed by atoms with van der Waals surface area (Å²) in [4.78, 5) is 5.18. The Bertz CT molecular complexity index is 1560. The van der Waals surface area contributed by atoms with E-state index in [1.165, 1.54) is 72.2 Å². The van der Waals surface area contributed by atoms with E-state index in [2.05, 4.69) is 72.2 Å². The van der Waals surface area contributed by atoms with Crippen molar-refractivity contribution >= 4 is 12.4 Å². The molecule has 2 aliphatic heterocycles. The highest BCUT2D eigenvalue weighted by atomic mass is 35.5. The molecule has 0 radical (unpaired) electrons. The lowest BCUT2D eigenvalue weighted by Gasteiger charge is -2.39. The van der Waals surface area contributed by atoms with Crippen molar-refractivity contribution in [2.24, 2.45) is 0 Å². The van der Waals surface area contributed by atoms with E-state index < -0.39 is 0 Å². The fourth-order valence-corrected chi connectivity index (χ4v) is 8.97. The number of hydrogen-bond acceptors (Lipinski definition) is 4. The number of rotatable bonds is 8. The fraction of sp³-hybridized carbons (Fsp3) is 0.478. The van der Waals surface area contributed by atoms with E-state index in [4.69, 9.17) is 9.47 Å². The van der Waals surface area contributed by atoms with E-state index in [9.17, 15) is 8.78 Å². The van der Waals surface area contributed by atoms with Crippen molar-refractivity contribution in [1.82, 2.24) is 9.80 Å². The average Bonchev–Trinajstić information content (AvgIpc) is 3.79. The summed E-state index contributed by atoms with van der Waals surface area (Å²) >= 11 is 0. The second-order valence-corrected chi connectivity index (χ2v) is 14.8. The summed E-state index contributed by atoms with van der Waals surface area (Å²) in [5.74, 6) is 2.36. The predicted molar refractivity (Wildman–Crippen MR) is 218 cm³/mol. The highest BCUT2D eigenvalue weighted by Gasteiger charge is 2.35. The lowest BCUT2D eigenvalue weighted by molar-refractivity contribution is 0.0580. The molecule has 2 aliphatic carbocycles. The summed E-state index contributed by atoms with van der Waals surface area (Å²) < 4.78 is 38.4. The van der Waals surface area contributed by atoms with Gasteiger partial charge < -0.3 is 9.47 Å². The zero-order valence-corrected chi connectivity index (χ0v) is 30.9. The van der Waals surface area contributed by atoms with Gasteiger partial charge in [-0.2, -0.15) is 0 Å². The maximum atomic E-state index is 13.1. The molecule has 0 spiro atoms. The SMILES string of the molecule is C.C.CC(C1CCc2ccccc21)N1CCC[C@H](Oc2ccc(F)cc2)C1.CC(C1CCc2ccccc21)N1CCC[C@H](Oc2ccc(F)cc2)C1.Cl. The second-order valence-electron chi connectivity index (χ2n) is 14.8. The van der Waals surface area contributed by atoms with Crippen LogP contribution in [0.4, 0.5) is 8.78 Å². The topological polar surface area (TPSA) is 24.9 Å². The summed E-state index contributed by atoms with van der Waals surface area (Å²) in [6.07, 6.45) is 9.75. The summed E-state index contributed by atoms with van der Waals surface area (Å²) in [5.41, 5.74) is 6.12. The van der Waals surface area contributed by atoms with Gasteiger partial charge in [0.2, 0.25) is 0 Å². The van der Waals surface area contributed by atoms with Crippen LogP contribution in [0.5, 0.6) is 11.5 Å². The van der Waals surface area contributed by atoms with Crippen LogP contribution in [0.1, 0.15) is 101 Å². The number of likely N-dealkylation sites (tertiary alicyclic amines) is 2. The largest absolute Gasteiger partial charge is 0.489 e. The molecule has 4 unspecified atom stereocenters. The molecule has 0 N–H and O–H groups in total. The van der Waals surface area contributed by atoms with E-state index in [1.807, 2.05) is 0 Å². The third-order valence-electron chi connectivity index (χ3n) is 11.7. The lowest BCUT2D eigenvalue weighted by Crippen LogP contribution is -2.47. The molecule has 4 aromatic rings. The van der Waals surface area contributed by atoms with E-state index in [-0.39, 0.29) is 51.1 Å². The van der Waals surface area contributed by atoms with Crippen molar-refractivity contribution in [2.75, 3.05) is 26.2 Å². The maximum Gasteiger partial charge on any atom is 0.123 e. The van der Waals surface area contributed by atoms with Gasteiger partial charge in [-0.25, -0.2) is 8.78 Å². The van der Waals surface area contributed by atoms with Crippen molar-refractivity contribution in [3.63, 3.8) is 0 Å². The Morgan fingerprint density at radius 3 is 1.32 bits per heavy atom. The molecule has 4 nitrogen and oxygen atoms in total. The van der Waals surface area contributed by atoms with Gasteiger partial charge in [0.25, 0.3) is 0 Å². The average molecular weight is 747 g/mol. The van der Waals surface area contributed by atoms with Crippen molar-refractivity contribution in [3.05, 3.63) is 131 Å². The maximum absolute atomic E-state index is 13.1. The minimum atomic E-state index is -0.217. The Labute approximate surface area is 324 Å². The number of nitrogens with zero attached hydrogens (tertiary/aromatic N) is 2. The van der Waals surface area contributed by atoms with E-state index in [0.717, 1.165) is 63.4 Å². The molecule has 4 aromatic carbocycles. The Kier molecular flexibility index (Phi) is 15.8. The molecule has 2 heterocycles. The first-order valence-corrected chi connectivity index (χ1v) is 18.9. The van der Waals surface area contributed by atoms with Crippen LogP contribution < -0.4 is 9.47 Å². The number of ether oxygens (including phenoxy) is 2. The van der Waals surface area contributed by atoms with E-state index in [0.29, 0.717) is 23.9 Å². The molecule has 0 aromatic heterocycles. The Morgan fingerprint density at radius 1 is 0.547 bits per heavy atom. The number of hydrogen-bond donors (Lipinski definition) is 0. The highest BCUT2D eigenvalue weighted by Crippen LogP contribution is 2.39. The van der Waals surface area contributed by atoms with Crippen molar-refractivity contribution in [3.8, 4) is 11.5 Å². The molecule has 288 valence electrons. The Balaban J connectivity index is 0.000000224. The van der Waals surface area contributed by atoms with Crippen LogP contribution in [0.25, 0.3) is 0 Å². The van der Waals surface area contributed by atoms with Crippen LogP contribution >= 0.6 is 12.4 Å². The summed E-state index contributed by atoms with van der Waals surface area (Å²) in [7, 11) is 0. The summed E-state index contributed by atoms with van der Waals surface area (Å²) in [6, 6.07) is 31.6. The quantitative estimate of drug-likeness (QED) is 0.179. The predicted octanol–water partition coefficient (Wildman–Crippen LogP) is 11.3. The first-order valence-electron chi connectivity index (χ1n) is 18.9. The molecule has 6 atom stereocenters. The molecule has 0 saturated carbocycles. The summed E-state index contributed by atoms with van der Waals surface area (Å²) in [5, 5.41) is 0. The smallest absolute Gasteiger partial charge is 0.123 e. The van der Waals surface area contributed by atoms with Gasteiger partial charge in [-0.1, -0.05) is 63.4 Å². The first-order chi connectivity index (χ1) is 24.4. The molecule has 7 heteroatoms. The number of piperidine rings is 2. The van der Waals surface area contributed by atoms with E-state index in [1.54, 1.807) is 24.3 Å². The van der Waals surface area contributed by atoms with Gasteiger partial charge in [0, 0.05) is 25.2 Å². The minimum absolute atomic E-state index is 0.